The first kappa shape index (κ1) is 15.9. The van der Waals surface area contributed by atoms with Crippen LogP contribution < -0.4 is 5.32 Å². The van der Waals surface area contributed by atoms with Gasteiger partial charge in [0.1, 0.15) is 11.6 Å². The molecule has 1 amide bonds. The van der Waals surface area contributed by atoms with Crippen LogP contribution in [-0.2, 0) is 9.59 Å². The average Bonchev–Trinajstić information content (AvgIpc) is 3.28. The summed E-state index contributed by atoms with van der Waals surface area (Å²) in [6, 6.07) is 3.45. The van der Waals surface area contributed by atoms with Crippen molar-refractivity contribution in [3.63, 3.8) is 0 Å². The molecular weight excluding hydrogens is 304 g/mol. The first-order chi connectivity index (χ1) is 11.0. The average molecular weight is 323 g/mol. The second kappa shape index (κ2) is 6.26. The predicted octanol–water partition coefficient (Wildman–Crippen LogP) is 2.83. The number of carbonyl (C=O) groups is 2. The molecule has 2 atom stereocenters. The van der Waals surface area contributed by atoms with E-state index in [2.05, 4.69) is 5.32 Å². The lowest BCUT2D eigenvalue weighted by Gasteiger charge is -2.26. The number of rotatable bonds is 4. The van der Waals surface area contributed by atoms with Crippen molar-refractivity contribution < 1.29 is 23.5 Å². The molecule has 4 nitrogen and oxygen atoms in total. The van der Waals surface area contributed by atoms with Crippen molar-refractivity contribution in [2.45, 2.75) is 44.1 Å². The number of hydrogen-bond acceptors (Lipinski definition) is 2. The minimum Gasteiger partial charge on any atom is -0.481 e. The maximum Gasteiger partial charge on any atom is 0.306 e. The topological polar surface area (TPSA) is 66.4 Å². The molecule has 0 heterocycles. The van der Waals surface area contributed by atoms with E-state index in [1.54, 1.807) is 0 Å². The first-order valence-corrected chi connectivity index (χ1v) is 7.94. The summed E-state index contributed by atoms with van der Waals surface area (Å²) in [5.74, 6) is -2.89. The predicted molar refractivity (Wildman–Crippen MR) is 78.7 cm³/mol. The van der Waals surface area contributed by atoms with Crippen molar-refractivity contribution in [1.29, 1.82) is 0 Å². The summed E-state index contributed by atoms with van der Waals surface area (Å²) in [6.07, 6.45) is 3.02. The van der Waals surface area contributed by atoms with Gasteiger partial charge in [-0.2, -0.15) is 0 Å². The van der Waals surface area contributed by atoms with Crippen molar-refractivity contribution in [2.75, 3.05) is 0 Å². The van der Waals surface area contributed by atoms with Crippen LogP contribution in [0.25, 0.3) is 0 Å². The van der Waals surface area contributed by atoms with E-state index in [1.165, 1.54) is 12.1 Å². The number of amides is 1. The zero-order valence-corrected chi connectivity index (χ0v) is 12.6. The van der Waals surface area contributed by atoms with Crippen LogP contribution in [0, 0.1) is 23.5 Å². The van der Waals surface area contributed by atoms with Gasteiger partial charge >= 0.3 is 5.97 Å². The molecule has 0 bridgehead atoms. The van der Waals surface area contributed by atoms with E-state index >= 15 is 0 Å². The van der Waals surface area contributed by atoms with E-state index in [9.17, 15) is 18.4 Å². The van der Waals surface area contributed by atoms with Crippen LogP contribution >= 0.6 is 0 Å². The van der Waals surface area contributed by atoms with E-state index in [0.717, 1.165) is 6.07 Å². The maximum absolute atomic E-state index is 13.7. The Balaban J connectivity index is 1.52. The minimum absolute atomic E-state index is 0.00239. The molecule has 2 aliphatic carbocycles. The molecule has 3 rings (SSSR count). The Morgan fingerprint density at radius 3 is 2.43 bits per heavy atom. The molecule has 0 aliphatic heterocycles. The van der Waals surface area contributed by atoms with Crippen LogP contribution in [0.15, 0.2) is 18.2 Å². The van der Waals surface area contributed by atoms with Gasteiger partial charge in [0, 0.05) is 18.0 Å². The molecule has 2 aliphatic rings. The molecular formula is C17H19F2NO3. The highest BCUT2D eigenvalue weighted by Crippen LogP contribution is 2.48. The van der Waals surface area contributed by atoms with E-state index < -0.39 is 17.6 Å². The lowest BCUT2D eigenvalue weighted by Crippen LogP contribution is -2.39. The molecule has 124 valence electrons. The fraction of sp³-hybridized carbons (Fsp3) is 0.529. The van der Waals surface area contributed by atoms with Gasteiger partial charge in [-0.1, -0.05) is 6.07 Å². The molecule has 1 aromatic rings. The number of aliphatic carboxylic acids is 1. The monoisotopic (exact) mass is 323 g/mol. The van der Waals surface area contributed by atoms with E-state index in [0.29, 0.717) is 37.7 Å². The molecule has 6 heteroatoms. The fourth-order valence-electron chi connectivity index (χ4n) is 3.42. The zero-order valence-electron chi connectivity index (χ0n) is 12.6. The van der Waals surface area contributed by atoms with Gasteiger partial charge in [0.05, 0.1) is 5.92 Å². The third-order valence-corrected chi connectivity index (χ3v) is 4.91. The summed E-state index contributed by atoms with van der Waals surface area (Å²) in [6.45, 7) is 0. The van der Waals surface area contributed by atoms with Crippen LogP contribution in [0.1, 0.15) is 43.6 Å². The number of benzene rings is 1. The van der Waals surface area contributed by atoms with Crippen molar-refractivity contribution >= 4 is 11.9 Å². The van der Waals surface area contributed by atoms with Crippen LogP contribution in [0.2, 0.25) is 0 Å². The number of carbonyl (C=O) groups excluding carboxylic acids is 1. The largest absolute Gasteiger partial charge is 0.481 e. The van der Waals surface area contributed by atoms with Gasteiger partial charge in [-0.3, -0.25) is 9.59 Å². The van der Waals surface area contributed by atoms with Crippen LogP contribution in [0.5, 0.6) is 0 Å². The Bertz CT molecular complexity index is 626. The Morgan fingerprint density at radius 2 is 1.83 bits per heavy atom. The molecule has 2 saturated carbocycles. The number of halogens is 2. The third kappa shape index (κ3) is 3.51. The molecule has 0 aromatic heterocycles. The summed E-state index contributed by atoms with van der Waals surface area (Å²) < 4.78 is 26.7. The van der Waals surface area contributed by atoms with Gasteiger partial charge in [-0.15, -0.1) is 0 Å². The van der Waals surface area contributed by atoms with E-state index in [1.807, 2.05) is 0 Å². The lowest BCUT2D eigenvalue weighted by molar-refractivity contribution is -0.142. The second-order valence-electron chi connectivity index (χ2n) is 6.51. The number of hydrogen-bond donors (Lipinski definition) is 2. The molecule has 2 fully saturated rings. The minimum atomic E-state index is -0.774. The standard InChI is InChI=1S/C17H19F2NO3/c18-10-3-6-12(15(19)7-10)13-8-14(13)16(21)20-11-4-1-9(2-5-11)17(22)23/h3,6-7,9,11,13-14H,1-2,4-5,8H2,(H,20,21)(H,22,23)/t9?,11?,13-,14+/m0/s1. The van der Waals surface area contributed by atoms with Gasteiger partial charge < -0.3 is 10.4 Å². The molecule has 2 N–H and O–H groups in total. The Labute approximate surface area is 132 Å². The number of carboxylic acid groups (broad SMARTS) is 1. The van der Waals surface area contributed by atoms with E-state index in [4.69, 9.17) is 5.11 Å². The van der Waals surface area contributed by atoms with Gasteiger partial charge in [0.2, 0.25) is 5.91 Å². The summed E-state index contributed by atoms with van der Waals surface area (Å²) in [5.41, 5.74) is 0.390. The van der Waals surface area contributed by atoms with Crippen LogP contribution in [-0.4, -0.2) is 23.0 Å². The summed E-state index contributed by atoms with van der Waals surface area (Å²) in [7, 11) is 0. The first-order valence-electron chi connectivity index (χ1n) is 7.94. The third-order valence-electron chi connectivity index (χ3n) is 4.91. The molecule has 0 spiro atoms. The highest BCUT2D eigenvalue weighted by molar-refractivity contribution is 5.83. The second-order valence-corrected chi connectivity index (χ2v) is 6.51. The molecule has 0 saturated heterocycles. The van der Waals surface area contributed by atoms with Gasteiger partial charge in [0.15, 0.2) is 0 Å². The molecule has 0 unspecified atom stereocenters. The van der Waals surface area contributed by atoms with Crippen molar-refractivity contribution in [1.82, 2.24) is 5.32 Å². The van der Waals surface area contributed by atoms with E-state index in [-0.39, 0.29) is 29.7 Å². The zero-order chi connectivity index (χ0) is 16.6. The SMILES string of the molecule is O=C(O)C1CCC(NC(=O)[C@@H]2C[C@H]2c2ccc(F)cc2F)CC1. The van der Waals surface area contributed by atoms with Crippen molar-refractivity contribution in [3.8, 4) is 0 Å². The lowest BCUT2D eigenvalue weighted by atomic mass is 9.86. The summed E-state index contributed by atoms with van der Waals surface area (Å²) in [4.78, 5) is 23.1. The summed E-state index contributed by atoms with van der Waals surface area (Å²) in [5, 5.41) is 11.9. The molecule has 23 heavy (non-hydrogen) atoms. The normalized spacial score (nSPS) is 29.8. The Morgan fingerprint density at radius 1 is 1.13 bits per heavy atom. The number of nitrogens with one attached hydrogen (secondary N) is 1. The maximum atomic E-state index is 13.7. The van der Waals surface area contributed by atoms with Gasteiger partial charge in [-0.25, -0.2) is 8.78 Å². The molecule has 0 radical (unpaired) electrons. The highest BCUT2D eigenvalue weighted by atomic mass is 19.1. The fourth-order valence-corrected chi connectivity index (χ4v) is 3.42. The number of carboxylic acids is 1. The van der Waals surface area contributed by atoms with Gasteiger partial charge in [0.25, 0.3) is 0 Å². The van der Waals surface area contributed by atoms with Crippen molar-refractivity contribution in [3.05, 3.63) is 35.4 Å². The Hall–Kier alpha value is -1.98. The van der Waals surface area contributed by atoms with Crippen LogP contribution in [0.4, 0.5) is 8.78 Å². The van der Waals surface area contributed by atoms with Crippen LogP contribution in [0.3, 0.4) is 0 Å². The Kier molecular flexibility index (Phi) is 4.33. The molecule has 1 aromatic carbocycles. The summed E-state index contributed by atoms with van der Waals surface area (Å²) >= 11 is 0. The smallest absolute Gasteiger partial charge is 0.306 e. The van der Waals surface area contributed by atoms with Gasteiger partial charge in [-0.05, 0) is 49.7 Å². The van der Waals surface area contributed by atoms with Crippen molar-refractivity contribution in [2.24, 2.45) is 11.8 Å². The highest BCUT2D eigenvalue weighted by Gasteiger charge is 2.45. The quantitative estimate of drug-likeness (QED) is 0.895.